The van der Waals surface area contributed by atoms with Gasteiger partial charge in [0.15, 0.2) is 0 Å². The molecule has 1 N–H and O–H groups in total. The molecule has 6 heteroatoms. The summed E-state index contributed by atoms with van der Waals surface area (Å²) in [5, 5.41) is 9.21. The molecule has 0 aromatic carbocycles. The Balaban J connectivity index is 1.82. The fourth-order valence-electron chi connectivity index (χ4n) is 2.94. The van der Waals surface area contributed by atoms with Crippen LogP contribution in [0.2, 0.25) is 0 Å². The Morgan fingerprint density at radius 2 is 2.30 bits per heavy atom. The van der Waals surface area contributed by atoms with Crippen LogP contribution in [0.5, 0.6) is 0 Å². The van der Waals surface area contributed by atoms with Crippen molar-refractivity contribution in [3.63, 3.8) is 0 Å². The van der Waals surface area contributed by atoms with Gasteiger partial charge in [0.25, 0.3) is 0 Å². The van der Waals surface area contributed by atoms with Gasteiger partial charge >= 0.3 is 0 Å². The fourth-order valence-corrected chi connectivity index (χ4v) is 3.43. The molecule has 3 heterocycles. The molecule has 0 amide bonds. The van der Waals surface area contributed by atoms with Crippen molar-refractivity contribution in [3.8, 4) is 0 Å². The van der Waals surface area contributed by atoms with E-state index in [4.69, 9.17) is 0 Å². The zero-order chi connectivity index (χ0) is 13.9. The molecule has 2 aromatic heterocycles. The van der Waals surface area contributed by atoms with Gasteiger partial charge in [-0.15, -0.1) is 0 Å². The molecule has 2 aromatic rings. The van der Waals surface area contributed by atoms with Crippen molar-refractivity contribution in [2.45, 2.75) is 38.3 Å². The van der Waals surface area contributed by atoms with Crippen LogP contribution in [0, 0.1) is 0 Å². The summed E-state index contributed by atoms with van der Waals surface area (Å²) in [7, 11) is 0. The van der Waals surface area contributed by atoms with E-state index in [9.17, 15) is 5.11 Å². The second-order valence-electron chi connectivity index (χ2n) is 5.27. The van der Waals surface area contributed by atoms with E-state index in [1.54, 1.807) is 6.20 Å². The number of hydrogen-bond donors (Lipinski definition) is 1. The third-order valence-corrected chi connectivity index (χ3v) is 4.82. The van der Waals surface area contributed by atoms with Gasteiger partial charge in [-0.05, 0) is 47.8 Å². The quantitative estimate of drug-likeness (QED) is 0.928. The Bertz CT molecular complexity index is 584. The Hall–Kier alpha value is -0.980. The summed E-state index contributed by atoms with van der Waals surface area (Å²) < 4.78 is 2.94. The highest BCUT2D eigenvalue weighted by Crippen LogP contribution is 2.25. The molecular formula is C14H19BrN4O. The van der Waals surface area contributed by atoms with Gasteiger partial charge in [-0.1, -0.05) is 6.42 Å². The smallest absolute Gasteiger partial charge is 0.234 e. The maximum atomic E-state index is 9.21. The first-order valence-electron chi connectivity index (χ1n) is 7.12. The summed E-state index contributed by atoms with van der Waals surface area (Å²) in [5.41, 5.74) is 1.02. The molecule has 1 aliphatic heterocycles. The maximum Gasteiger partial charge on any atom is 0.234 e. The first-order valence-corrected chi connectivity index (χ1v) is 7.91. The summed E-state index contributed by atoms with van der Waals surface area (Å²) in [6.07, 6.45) is 8.23. The Morgan fingerprint density at radius 3 is 3.10 bits per heavy atom. The molecular weight excluding hydrogens is 320 g/mol. The molecule has 20 heavy (non-hydrogen) atoms. The van der Waals surface area contributed by atoms with Gasteiger partial charge in [0.2, 0.25) is 5.78 Å². The van der Waals surface area contributed by atoms with E-state index in [1.807, 2.05) is 16.7 Å². The molecule has 108 valence electrons. The molecule has 0 radical (unpaired) electrons. The summed E-state index contributed by atoms with van der Waals surface area (Å²) in [4.78, 5) is 11.3. The number of fused-ring (bicyclic) bond motifs is 1. The molecule has 1 unspecified atom stereocenters. The minimum absolute atomic E-state index is 0.259. The average molecular weight is 339 g/mol. The van der Waals surface area contributed by atoms with Crippen molar-refractivity contribution in [3.05, 3.63) is 28.8 Å². The number of hydrogen-bond acceptors (Lipinski definition) is 4. The van der Waals surface area contributed by atoms with E-state index in [2.05, 4.69) is 30.8 Å². The van der Waals surface area contributed by atoms with E-state index in [0.29, 0.717) is 6.04 Å². The monoisotopic (exact) mass is 338 g/mol. The molecule has 1 atom stereocenters. The van der Waals surface area contributed by atoms with Crippen molar-refractivity contribution in [2.24, 2.45) is 0 Å². The summed E-state index contributed by atoms with van der Waals surface area (Å²) in [6, 6.07) is 2.37. The molecule has 0 spiro atoms. The molecule has 0 bridgehead atoms. The highest BCUT2D eigenvalue weighted by Gasteiger charge is 2.24. The van der Waals surface area contributed by atoms with Gasteiger partial charge in [0.1, 0.15) is 4.60 Å². The summed E-state index contributed by atoms with van der Waals surface area (Å²) in [6.45, 7) is 2.15. The van der Waals surface area contributed by atoms with Crippen molar-refractivity contribution in [1.82, 2.24) is 19.3 Å². The van der Waals surface area contributed by atoms with E-state index >= 15 is 0 Å². The van der Waals surface area contributed by atoms with Crippen LogP contribution in [0.15, 0.2) is 23.1 Å². The van der Waals surface area contributed by atoms with Crippen LogP contribution in [-0.2, 0) is 6.54 Å². The minimum Gasteiger partial charge on any atom is -0.396 e. The zero-order valence-corrected chi connectivity index (χ0v) is 13.0. The Labute approximate surface area is 126 Å². The van der Waals surface area contributed by atoms with E-state index in [0.717, 1.165) is 35.6 Å². The number of imidazole rings is 1. The van der Waals surface area contributed by atoms with Crippen LogP contribution in [-0.4, -0.2) is 43.6 Å². The van der Waals surface area contributed by atoms with E-state index < -0.39 is 0 Å². The lowest BCUT2D eigenvalue weighted by Gasteiger charge is -2.35. The summed E-state index contributed by atoms with van der Waals surface area (Å²) >= 11 is 3.62. The van der Waals surface area contributed by atoms with Gasteiger partial charge in [0, 0.05) is 31.6 Å². The SMILES string of the molecule is OCCC1CCCCN1Cc1nc2ncccn2c1Br. The first kappa shape index (κ1) is 14.0. The van der Waals surface area contributed by atoms with Crippen LogP contribution in [0.3, 0.4) is 0 Å². The first-order chi connectivity index (χ1) is 9.79. The fraction of sp³-hybridized carbons (Fsp3) is 0.571. The topological polar surface area (TPSA) is 53.7 Å². The van der Waals surface area contributed by atoms with Crippen LogP contribution < -0.4 is 0 Å². The van der Waals surface area contributed by atoms with Crippen molar-refractivity contribution in [1.29, 1.82) is 0 Å². The second-order valence-corrected chi connectivity index (χ2v) is 6.02. The third kappa shape index (κ3) is 2.73. The lowest BCUT2D eigenvalue weighted by atomic mass is 9.99. The largest absolute Gasteiger partial charge is 0.396 e. The van der Waals surface area contributed by atoms with Gasteiger partial charge in [-0.3, -0.25) is 9.30 Å². The molecule has 3 rings (SSSR count). The lowest BCUT2D eigenvalue weighted by molar-refractivity contribution is 0.111. The normalized spacial score (nSPS) is 20.6. The van der Waals surface area contributed by atoms with Crippen molar-refractivity contribution < 1.29 is 5.11 Å². The maximum absolute atomic E-state index is 9.21. The number of halogens is 1. The number of aliphatic hydroxyl groups is 1. The number of aromatic nitrogens is 3. The zero-order valence-electron chi connectivity index (χ0n) is 11.4. The number of likely N-dealkylation sites (tertiary alicyclic amines) is 1. The van der Waals surface area contributed by atoms with Crippen molar-refractivity contribution >= 4 is 21.7 Å². The predicted molar refractivity (Wildman–Crippen MR) is 80.4 cm³/mol. The van der Waals surface area contributed by atoms with Crippen LogP contribution in [0.25, 0.3) is 5.78 Å². The van der Waals surface area contributed by atoms with Gasteiger partial charge in [-0.2, -0.15) is 0 Å². The van der Waals surface area contributed by atoms with E-state index in [-0.39, 0.29) is 6.61 Å². The van der Waals surface area contributed by atoms with Gasteiger partial charge in [0.05, 0.1) is 5.69 Å². The highest BCUT2D eigenvalue weighted by molar-refractivity contribution is 9.10. The van der Waals surface area contributed by atoms with E-state index in [1.165, 1.54) is 19.3 Å². The average Bonchev–Trinajstić information content (AvgIpc) is 2.79. The third-order valence-electron chi connectivity index (χ3n) is 3.98. The molecule has 0 aliphatic carbocycles. The van der Waals surface area contributed by atoms with Crippen molar-refractivity contribution in [2.75, 3.05) is 13.2 Å². The highest BCUT2D eigenvalue weighted by atomic mass is 79.9. The van der Waals surface area contributed by atoms with Gasteiger partial charge in [-0.25, -0.2) is 9.97 Å². The predicted octanol–water partition coefficient (Wildman–Crippen LogP) is 2.23. The minimum atomic E-state index is 0.259. The number of piperidine rings is 1. The molecule has 1 saturated heterocycles. The lowest BCUT2D eigenvalue weighted by Crippen LogP contribution is -2.39. The number of nitrogens with zero attached hydrogens (tertiary/aromatic N) is 4. The second kappa shape index (κ2) is 6.20. The summed E-state index contributed by atoms with van der Waals surface area (Å²) in [5.74, 6) is 0.727. The molecule has 0 saturated carbocycles. The molecule has 1 fully saturated rings. The van der Waals surface area contributed by atoms with Crippen LogP contribution >= 0.6 is 15.9 Å². The van der Waals surface area contributed by atoms with Gasteiger partial charge < -0.3 is 5.11 Å². The molecule has 1 aliphatic rings. The Morgan fingerprint density at radius 1 is 1.40 bits per heavy atom. The number of rotatable bonds is 4. The van der Waals surface area contributed by atoms with Crippen LogP contribution in [0.1, 0.15) is 31.4 Å². The molecule has 5 nitrogen and oxygen atoms in total. The van der Waals surface area contributed by atoms with Crippen LogP contribution in [0.4, 0.5) is 0 Å². The standard InChI is InChI=1S/C14H19BrN4O/c15-13-12(17-14-16-6-3-8-19(13)14)10-18-7-2-1-4-11(18)5-9-20/h3,6,8,11,20H,1-2,4-5,7,9-10H2. The Kier molecular flexibility index (Phi) is 4.33. The number of aliphatic hydroxyl groups excluding tert-OH is 1.